The van der Waals surface area contributed by atoms with Gasteiger partial charge in [0.2, 0.25) is 5.65 Å². The third kappa shape index (κ3) is 1.57. The highest BCUT2D eigenvalue weighted by atomic mass is 35.5. The maximum Gasteiger partial charge on any atom is 0.201 e. The first-order valence-corrected chi connectivity index (χ1v) is 6.38. The Balaban J connectivity index is 2.21. The number of hydrogen-bond donors (Lipinski definition) is 0. The lowest BCUT2D eigenvalue weighted by atomic mass is 10.3. The molecule has 3 aromatic heterocycles. The van der Waals surface area contributed by atoms with Crippen molar-refractivity contribution in [3.63, 3.8) is 0 Å². The van der Waals surface area contributed by atoms with E-state index in [4.69, 9.17) is 23.2 Å². The van der Waals surface area contributed by atoms with Gasteiger partial charge in [-0.3, -0.25) is 0 Å². The first kappa shape index (κ1) is 11.0. The van der Waals surface area contributed by atoms with E-state index >= 15 is 0 Å². The fourth-order valence-electron chi connectivity index (χ4n) is 2.10. The first-order valence-electron chi connectivity index (χ1n) is 5.62. The number of halogens is 2. The van der Waals surface area contributed by atoms with Crippen LogP contribution in [-0.2, 0) is 0 Å². The third-order valence-electron chi connectivity index (χ3n) is 2.97. The van der Waals surface area contributed by atoms with Crippen LogP contribution in [0.4, 0.5) is 0 Å². The second-order valence-corrected chi connectivity index (χ2v) is 5.00. The minimum Gasteiger partial charge on any atom is -0.240 e. The monoisotopic (exact) mass is 288 g/mol. The zero-order valence-electron chi connectivity index (χ0n) is 9.51. The second kappa shape index (κ2) is 3.79. The molecule has 0 amide bonds. The van der Waals surface area contributed by atoms with Crippen molar-refractivity contribution in [2.75, 3.05) is 0 Å². The molecule has 0 N–H and O–H groups in total. The van der Waals surface area contributed by atoms with Crippen molar-refractivity contribution in [2.45, 2.75) is 0 Å². The Labute approximate surface area is 117 Å². The number of hydrogen-bond acceptors (Lipinski definition) is 3. The lowest BCUT2D eigenvalue weighted by molar-refractivity contribution is 0.973. The first-order chi connectivity index (χ1) is 9.22. The predicted molar refractivity (Wildman–Crippen MR) is 75.8 cm³/mol. The summed E-state index contributed by atoms with van der Waals surface area (Å²) in [5.74, 6) is 0. The summed E-state index contributed by atoms with van der Waals surface area (Å²) in [6.45, 7) is 0. The second-order valence-electron chi connectivity index (χ2n) is 4.18. The van der Waals surface area contributed by atoms with Crippen molar-refractivity contribution in [3.8, 4) is 0 Å². The van der Waals surface area contributed by atoms with Gasteiger partial charge in [0, 0.05) is 6.20 Å². The van der Waals surface area contributed by atoms with Crippen LogP contribution < -0.4 is 0 Å². The maximum atomic E-state index is 6.01. The lowest BCUT2D eigenvalue weighted by Gasteiger charge is -1.99. The summed E-state index contributed by atoms with van der Waals surface area (Å²) in [6.07, 6.45) is 1.86. The predicted octanol–water partition coefficient (Wildman–Crippen LogP) is 3.74. The van der Waals surface area contributed by atoms with Crippen LogP contribution in [0.15, 0.2) is 36.5 Å². The van der Waals surface area contributed by atoms with Crippen molar-refractivity contribution in [3.05, 3.63) is 46.6 Å². The number of benzene rings is 1. The van der Waals surface area contributed by atoms with E-state index in [9.17, 15) is 0 Å². The van der Waals surface area contributed by atoms with E-state index in [2.05, 4.69) is 15.1 Å². The number of fused-ring (bicyclic) bond motifs is 4. The van der Waals surface area contributed by atoms with Crippen molar-refractivity contribution in [1.82, 2.24) is 19.6 Å². The molecule has 0 saturated carbocycles. The standard InChI is InChI=1S/C13H6Cl2N4/c14-7-5-9-10(6-8(7)15)17-13-12(16-9)11-3-1-2-4-19(11)18-13/h1-6H. The van der Waals surface area contributed by atoms with E-state index in [0.29, 0.717) is 26.7 Å². The molecule has 0 spiro atoms. The van der Waals surface area contributed by atoms with E-state index in [1.54, 1.807) is 16.6 Å². The molecule has 0 bridgehead atoms. The van der Waals surface area contributed by atoms with Gasteiger partial charge in [-0.1, -0.05) is 29.3 Å². The van der Waals surface area contributed by atoms with Gasteiger partial charge in [0.1, 0.15) is 5.52 Å². The number of rotatable bonds is 0. The molecule has 6 heteroatoms. The molecule has 0 aliphatic rings. The molecule has 0 aliphatic heterocycles. The number of pyridine rings is 1. The molecule has 1 aromatic carbocycles. The zero-order valence-corrected chi connectivity index (χ0v) is 11.0. The quantitative estimate of drug-likeness (QED) is 0.495. The van der Waals surface area contributed by atoms with Gasteiger partial charge in [-0.15, -0.1) is 5.10 Å². The Hall–Kier alpha value is -1.91. The maximum absolute atomic E-state index is 6.01. The Morgan fingerprint density at radius 3 is 2.47 bits per heavy atom. The molecule has 19 heavy (non-hydrogen) atoms. The Morgan fingerprint density at radius 1 is 0.947 bits per heavy atom. The molecule has 4 rings (SSSR count). The summed E-state index contributed by atoms with van der Waals surface area (Å²) in [5.41, 5.74) is 3.66. The largest absolute Gasteiger partial charge is 0.240 e. The van der Waals surface area contributed by atoms with Crippen LogP contribution in [0.25, 0.3) is 27.7 Å². The Morgan fingerprint density at radius 2 is 1.68 bits per heavy atom. The minimum atomic E-state index is 0.464. The van der Waals surface area contributed by atoms with Crippen LogP contribution in [0.3, 0.4) is 0 Å². The SMILES string of the molecule is Clc1cc2nc3nn4ccccc4c3nc2cc1Cl. The van der Waals surface area contributed by atoms with Crippen LogP contribution in [0.5, 0.6) is 0 Å². The summed E-state index contributed by atoms with van der Waals surface area (Å²) in [4.78, 5) is 9.06. The van der Waals surface area contributed by atoms with Gasteiger partial charge in [-0.25, -0.2) is 14.5 Å². The van der Waals surface area contributed by atoms with Gasteiger partial charge in [-0.05, 0) is 24.3 Å². The number of nitrogens with zero attached hydrogens (tertiary/aromatic N) is 4. The summed E-state index contributed by atoms with van der Waals surface area (Å²) >= 11 is 12.0. The van der Waals surface area contributed by atoms with Crippen LogP contribution in [-0.4, -0.2) is 19.6 Å². The summed E-state index contributed by atoms with van der Waals surface area (Å²) < 4.78 is 1.76. The summed E-state index contributed by atoms with van der Waals surface area (Å²) in [5, 5.41) is 5.32. The van der Waals surface area contributed by atoms with Crippen LogP contribution in [0, 0.1) is 0 Å². The third-order valence-corrected chi connectivity index (χ3v) is 3.69. The average molecular weight is 289 g/mol. The summed E-state index contributed by atoms with van der Waals surface area (Å²) in [7, 11) is 0. The van der Waals surface area contributed by atoms with E-state index in [1.165, 1.54) is 0 Å². The Kier molecular flexibility index (Phi) is 2.19. The molecule has 0 saturated heterocycles. The van der Waals surface area contributed by atoms with E-state index < -0.39 is 0 Å². The summed E-state index contributed by atoms with van der Waals surface area (Å²) in [6, 6.07) is 9.23. The smallest absolute Gasteiger partial charge is 0.201 e. The van der Waals surface area contributed by atoms with Crippen molar-refractivity contribution >= 4 is 50.9 Å². The molecule has 92 valence electrons. The average Bonchev–Trinajstić information content (AvgIpc) is 2.75. The van der Waals surface area contributed by atoms with Gasteiger partial charge in [-0.2, -0.15) is 0 Å². The molecule has 0 radical (unpaired) electrons. The molecule has 0 fully saturated rings. The van der Waals surface area contributed by atoms with E-state index in [0.717, 1.165) is 11.0 Å². The van der Waals surface area contributed by atoms with Crippen LogP contribution >= 0.6 is 23.2 Å². The van der Waals surface area contributed by atoms with Gasteiger partial charge >= 0.3 is 0 Å². The van der Waals surface area contributed by atoms with Crippen molar-refractivity contribution < 1.29 is 0 Å². The Bertz CT molecular complexity index is 945. The minimum absolute atomic E-state index is 0.464. The van der Waals surface area contributed by atoms with Crippen molar-refractivity contribution in [1.29, 1.82) is 0 Å². The van der Waals surface area contributed by atoms with Crippen LogP contribution in [0.1, 0.15) is 0 Å². The number of aromatic nitrogens is 4. The highest BCUT2D eigenvalue weighted by molar-refractivity contribution is 6.42. The lowest BCUT2D eigenvalue weighted by Crippen LogP contribution is -1.86. The van der Waals surface area contributed by atoms with Gasteiger partial charge in [0.15, 0.2) is 0 Å². The van der Waals surface area contributed by atoms with E-state index in [-0.39, 0.29) is 0 Å². The van der Waals surface area contributed by atoms with Gasteiger partial charge < -0.3 is 0 Å². The molecule has 3 heterocycles. The molecular weight excluding hydrogens is 283 g/mol. The molecular formula is C13H6Cl2N4. The molecule has 4 aromatic rings. The van der Waals surface area contributed by atoms with Crippen LogP contribution in [0.2, 0.25) is 10.0 Å². The van der Waals surface area contributed by atoms with Gasteiger partial charge in [0.05, 0.1) is 26.6 Å². The highest BCUT2D eigenvalue weighted by Crippen LogP contribution is 2.27. The van der Waals surface area contributed by atoms with E-state index in [1.807, 2.05) is 24.4 Å². The molecule has 0 aliphatic carbocycles. The topological polar surface area (TPSA) is 43.1 Å². The highest BCUT2D eigenvalue weighted by Gasteiger charge is 2.10. The fraction of sp³-hybridized carbons (Fsp3) is 0. The van der Waals surface area contributed by atoms with Crippen molar-refractivity contribution in [2.24, 2.45) is 0 Å². The molecule has 0 unspecified atom stereocenters. The van der Waals surface area contributed by atoms with Gasteiger partial charge in [0.25, 0.3) is 0 Å². The molecule has 0 atom stereocenters. The molecule has 4 nitrogen and oxygen atoms in total. The zero-order chi connectivity index (χ0) is 13.0. The normalized spacial score (nSPS) is 11.7. The fourth-order valence-corrected chi connectivity index (χ4v) is 2.41.